The van der Waals surface area contributed by atoms with E-state index in [0.717, 1.165) is 11.1 Å². The van der Waals surface area contributed by atoms with Crippen molar-refractivity contribution in [2.75, 3.05) is 5.32 Å². The molecule has 2 aromatic carbocycles. The lowest BCUT2D eigenvalue weighted by atomic mass is 10.1. The molecule has 8 nitrogen and oxygen atoms in total. The third kappa shape index (κ3) is 3.92. The highest BCUT2D eigenvalue weighted by atomic mass is 16.6. The van der Waals surface area contributed by atoms with Gasteiger partial charge in [-0.15, -0.1) is 0 Å². The molecule has 0 atom stereocenters. The van der Waals surface area contributed by atoms with Crippen LogP contribution < -0.4 is 5.32 Å². The summed E-state index contributed by atoms with van der Waals surface area (Å²) in [7, 11) is 0. The lowest BCUT2D eigenvalue weighted by Crippen LogP contribution is -2.13. The van der Waals surface area contributed by atoms with Crippen LogP contribution in [0.2, 0.25) is 0 Å². The van der Waals surface area contributed by atoms with E-state index in [1.807, 2.05) is 31.2 Å². The minimum atomic E-state index is -0.540. The van der Waals surface area contributed by atoms with Crippen molar-refractivity contribution in [3.05, 3.63) is 70.1 Å². The maximum Gasteiger partial charge on any atom is 0.292 e. The van der Waals surface area contributed by atoms with Crippen LogP contribution in [0.5, 0.6) is 0 Å². The van der Waals surface area contributed by atoms with E-state index in [0.29, 0.717) is 11.7 Å². The Morgan fingerprint density at radius 2 is 1.92 bits per heavy atom. The van der Waals surface area contributed by atoms with E-state index in [9.17, 15) is 14.9 Å². The van der Waals surface area contributed by atoms with Crippen molar-refractivity contribution in [3.63, 3.8) is 0 Å². The van der Waals surface area contributed by atoms with Crippen molar-refractivity contribution in [2.24, 2.45) is 0 Å². The second-order valence-corrected chi connectivity index (χ2v) is 5.65. The highest BCUT2D eigenvalue weighted by molar-refractivity contribution is 5.93. The highest BCUT2D eigenvalue weighted by Crippen LogP contribution is 2.23. The molecule has 1 aromatic heterocycles. The van der Waals surface area contributed by atoms with Crippen LogP contribution in [0.15, 0.2) is 53.1 Å². The Morgan fingerprint density at radius 1 is 1.19 bits per heavy atom. The number of amides is 1. The number of nitro groups is 1. The van der Waals surface area contributed by atoms with Gasteiger partial charge in [0.05, 0.1) is 4.92 Å². The quantitative estimate of drug-likeness (QED) is 0.536. The minimum absolute atomic E-state index is 0.0709. The molecule has 26 heavy (non-hydrogen) atoms. The Hall–Kier alpha value is -3.55. The van der Waals surface area contributed by atoms with Crippen LogP contribution in [0, 0.1) is 17.0 Å². The molecule has 0 aliphatic heterocycles. The molecule has 132 valence electrons. The van der Waals surface area contributed by atoms with Crippen LogP contribution in [-0.2, 0) is 11.2 Å². The summed E-state index contributed by atoms with van der Waals surface area (Å²) < 4.78 is 5.19. The van der Waals surface area contributed by atoms with Crippen molar-refractivity contribution < 1.29 is 14.2 Å². The Kier molecular flexibility index (Phi) is 5.02. The smallest absolute Gasteiger partial charge is 0.292 e. The van der Waals surface area contributed by atoms with Gasteiger partial charge in [-0.2, -0.15) is 4.98 Å². The highest BCUT2D eigenvalue weighted by Gasteiger charge is 2.16. The lowest BCUT2D eigenvalue weighted by Gasteiger charge is -2.04. The second-order valence-electron chi connectivity index (χ2n) is 5.65. The molecule has 1 N–H and O–H groups in total. The Morgan fingerprint density at radius 3 is 2.69 bits per heavy atom. The number of hydrogen-bond acceptors (Lipinski definition) is 6. The van der Waals surface area contributed by atoms with Crippen LogP contribution in [0.25, 0.3) is 11.4 Å². The lowest BCUT2D eigenvalue weighted by molar-refractivity contribution is -0.383. The molecule has 8 heteroatoms. The number of nitro benzene ring substituents is 1. The van der Waals surface area contributed by atoms with E-state index in [-0.39, 0.29) is 30.1 Å². The van der Waals surface area contributed by atoms with E-state index in [2.05, 4.69) is 15.5 Å². The number of aryl methyl sites for hydroxylation is 2. The molecular formula is C18H16N4O4. The van der Waals surface area contributed by atoms with Gasteiger partial charge in [-0.25, -0.2) is 0 Å². The maximum atomic E-state index is 12.1. The number of rotatable bonds is 6. The number of aromatic nitrogens is 2. The zero-order valence-corrected chi connectivity index (χ0v) is 14.0. The van der Waals surface area contributed by atoms with E-state index in [1.165, 1.54) is 12.1 Å². The third-order valence-corrected chi connectivity index (χ3v) is 3.79. The molecule has 0 spiro atoms. The van der Waals surface area contributed by atoms with Gasteiger partial charge in [-0.1, -0.05) is 41.6 Å². The van der Waals surface area contributed by atoms with Crippen LogP contribution >= 0.6 is 0 Å². The number of anilines is 1. The SMILES string of the molecule is Cc1ccccc1-c1noc(CCC(=O)Nc2ccccc2[N+](=O)[O-])n1. The predicted molar refractivity (Wildman–Crippen MR) is 94.5 cm³/mol. The maximum absolute atomic E-state index is 12.1. The van der Waals surface area contributed by atoms with Crippen LogP contribution in [0.4, 0.5) is 11.4 Å². The Bertz CT molecular complexity index is 952. The fourth-order valence-electron chi connectivity index (χ4n) is 2.46. The number of benzene rings is 2. The Balaban J connectivity index is 1.63. The molecule has 0 radical (unpaired) electrons. The van der Waals surface area contributed by atoms with Gasteiger partial charge in [0.1, 0.15) is 5.69 Å². The first-order valence-corrected chi connectivity index (χ1v) is 7.96. The van der Waals surface area contributed by atoms with Crippen LogP contribution in [-0.4, -0.2) is 21.0 Å². The molecular weight excluding hydrogens is 336 g/mol. The first-order valence-electron chi connectivity index (χ1n) is 7.96. The molecule has 0 saturated carbocycles. The van der Waals surface area contributed by atoms with Crippen molar-refractivity contribution in [3.8, 4) is 11.4 Å². The largest absolute Gasteiger partial charge is 0.339 e. The number of para-hydroxylation sites is 2. The summed E-state index contributed by atoms with van der Waals surface area (Å²) in [6, 6.07) is 13.6. The third-order valence-electron chi connectivity index (χ3n) is 3.79. The molecule has 0 bridgehead atoms. The number of carbonyl (C=O) groups excluding carboxylic acids is 1. The van der Waals surface area contributed by atoms with Crippen LogP contribution in [0.1, 0.15) is 17.9 Å². The molecule has 0 aliphatic carbocycles. The normalized spacial score (nSPS) is 10.5. The van der Waals surface area contributed by atoms with E-state index >= 15 is 0 Å². The number of nitrogens with zero attached hydrogens (tertiary/aromatic N) is 3. The van der Waals surface area contributed by atoms with Crippen LogP contribution in [0.3, 0.4) is 0 Å². The summed E-state index contributed by atoms with van der Waals surface area (Å²) in [5.41, 5.74) is 1.90. The average molecular weight is 352 g/mol. The first-order chi connectivity index (χ1) is 12.5. The topological polar surface area (TPSA) is 111 Å². The van der Waals surface area contributed by atoms with Gasteiger partial charge in [-0.05, 0) is 18.6 Å². The molecule has 3 aromatic rings. The molecule has 0 saturated heterocycles. The molecule has 0 fully saturated rings. The summed E-state index contributed by atoms with van der Waals surface area (Å²) in [5, 5.41) is 17.4. The van der Waals surface area contributed by atoms with Crippen molar-refractivity contribution in [1.82, 2.24) is 10.1 Å². The zero-order chi connectivity index (χ0) is 18.5. The van der Waals surface area contributed by atoms with E-state index in [4.69, 9.17) is 4.52 Å². The van der Waals surface area contributed by atoms with Gasteiger partial charge < -0.3 is 9.84 Å². The monoisotopic (exact) mass is 352 g/mol. The summed E-state index contributed by atoms with van der Waals surface area (Å²) >= 11 is 0. The molecule has 1 amide bonds. The predicted octanol–water partition coefficient (Wildman–Crippen LogP) is 3.52. The molecule has 0 unspecified atom stereocenters. The van der Waals surface area contributed by atoms with Crippen molar-refractivity contribution >= 4 is 17.3 Å². The zero-order valence-electron chi connectivity index (χ0n) is 14.0. The van der Waals surface area contributed by atoms with E-state index in [1.54, 1.807) is 12.1 Å². The minimum Gasteiger partial charge on any atom is -0.339 e. The van der Waals surface area contributed by atoms with E-state index < -0.39 is 4.92 Å². The van der Waals surface area contributed by atoms with Crippen molar-refractivity contribution in [2.45, 2.75) is 19.8 Å². The summed E-state index contributed by atoms with van der Waals surface area (Å²) in [5.74, 6) is 0.438. The summed E-state index contributed by atoms with van der Waals surface area (Å²) in [4.78, 5) is 26.8. The van der Waals surface area contributed by atoms with Gasteiger partial charge in [0.25, 0.3) is 5.69 Å². The number of hydrogen-bond donors (Lipinski definition) is 1. The van der Waals surface area contributed by atoms with Gasteiger partial charge in [0.2, 0.25) is 17.6 Å². The molecule has 1 heterocycles. The van der Waals surface area contributed by atoms with Gasteiger partial charge in [0.15, 0.2) is 0 Å². The number of nitrogens with one attached hydrogen (secondary N) is 1. The second kappa shape index (κ2) is 7.56. The van der Waals surface area contributed by atoms with Gasteiger partial charge >= 0.3 is 0 Å². The fourth-order valence-corrected chi connectivity index (χ4v) is 2.46. The van der Waals surface area contributed by atoms with Gasteiger partial charge in [0, 0.05) is 24.5 Å². The summed E-state index contributed by atoms with van der Waals surface area (Å²) in [6.45, 7) is 1.95. The van der Waals surface area contributed by atoms with Crippen molar-refractivity contribution in [1.29, 1.82) is 0 Å². The Labute approximate surface area is 149 Å². The molecule has 0 aliphatic rings. The first kappa shape index (κ1) is 17.3. The average Bonchev–Trinajstić information content (AvgIpc) is 3.09. The molecule has 3 rings (SSSR count). The standard InChI is InChI=1S/C18H16N4O4/c1-12-6-2-3-7-13(12)18-20-17(26-21-18)11-10-16(23)19-14-8-4-5-9-15(14)22(24)25/h2-9H,10-11H2,1H3,(H,19,23). The fraction of sp³-hybridized carbons (Fsp3) is 0.167. The van der Waals surface area contributed by atoms with Gasteiger partial charge in [-0.3, -0.25) is 14.9 Å². The number of carbonyl (C=O) groups is 1. The summed E-state index contributed by atoms with van der Waals surface area (Å²) in [6.07, 6.45) is 0.312.